The van der Waals surface area contributed by atoms with Crippen molar-refractivity contribution in [3.8, 4) is 0 Å². The molecule has 0 spiro atoms. The lowest BCUT2D eigenvalue weighted by Crippen LogP contribution is -2.30. The molecular weight excluding hydrogens is 310 g/mol. The highest BCUT2D eigenvalue weighted by Gasteiger charge is 2.12. The topological polar surface area (TPSA) is 55.4 Å². The predicted octanol–water partition coefficient (Wildman–Crippen LogP) is 2.92. The maximum Gasteiger partial charge on any atom is 0.348 e. The summed E-state index contributed by atoms with van der Waals surface area (Å²) >= 11 is 6.85. The van der Waals surface area contributed by atoms with Crippen molar-refractivity contribution in [2.75, 3.05) is 13.2 Å². The first-order valence-corrected chi connectivity index (χ1v) is 7.57. The van der Waals surface area contributed by atoms with E-state index in [1.165, 1.54) is 0 Å². The zero-order valence-corrected chi connectivity index (χ0v) is 12.7. The highest BCUT2D eigenvalue weighted by molar-refractivity contribution is 7.17. The second-order valence-electron chi connectivity index (χ2n) is 4.27. The molecule has 1 heterocycles. The summed E-state index contributed by atoms with van der Waals surface area (Å²) in [5, 5.41) is 2.70. The quantitative estimate of drug-likeness (QED) is 0.832. The number of benzene rings is 1. The molecule has 0 unspecified atom stereocenters. The molecule has 0 atom stereocenters. The number of halogens is 1. The van der Waals surface area contributed by atoms with E-state index in [2.05, 4.69) is 5.32 Å². The fourth-order valence-corrected chi connectivity index (χ4v) is 2.61. The van der Waals surface area contributed by atoms with Crippen molar-refractivity contribution >= 4 is 34.8 Å². The monoisotopic (exact) mass is 323 g/mol. The van der Waals surface area contributed by atoms with Crippen LogP contribution in [-0.2, 0) is 16.0 Å². The number of thiophene rings is 1. The fourth-order valence-electron chi connectivity index (χ4n) is 1.67. The zero-order valence-electron chi connectivity index (χ0n) is 11.2. The fraction of sp³-hybridized carbons (Fsp3) is 0.200. The van der Waals surface area contributed by atoms with E-state index in [1.54, 1.807) is 12.1 Å². The van der Waals surface area contributed by atoms with E-state index in [-0.39, 0.29) is 12.5 Å². The van der Waals surface area contributed by atoms with Gasteiger partial charge in [0, 0.05) is 6.54 Å². The lowest BCUT2D eigenvalue weighted by atomic mass is 10.1. The summed E-state index contributed by atoms with van der Waals surface area (Å²) in [5.74, 6) is -0.855. The van der Waals surface area contributed by atoms with E-state index in [9.17, 15) is 9.59 Å². The van der Waals surface area contributed by atoms with Crippen LogP contribution in [0, 0.1) is 0 Å². The molecule has 0 aliphatic rings. The van der Waals surface area contributed by atoms with Crippen LogP contribution >= 0.6 is 22.9 Å². The Morgan fingerprint density at radius 3 is 2.57 bits per heavy atom. The summed E-state index contributed by atoms with van der Waals surface area (Å²) in [4.78, 5) is 23.6. The summed E-state index contributed by atoms with van der Waals surface area (Å²) in [7, 11) is 0. The summed E-state index contributed by atoms with van der Waals surface area (Å²) in [6.45, 7) is 0.217. The Morgan fingerprint density at radius 1 is 1.14 bits per heavy atom. The molecule has 4 nitrogen and oxygen atoms in total. The smallest absolute Gasteiger partial charge is 0.348 e. The molecule has 1 aromatic carbocycles. The van der Waals surface area contributed by atoms with E-state index >= 15 is 0 Å². The molecule has 6 heteroatoms. The number of hydrogen-bond acceptors (Lipinski definition) is 4. The minimum atomic E-state index is -0.537. The molecule has 0 bridgehead atoms. The van der Waals surface area contributed by atoms with Gasteiger partial charge in [-0.3, -0.25) is 4.79 Å². The minimum Gasteiger partial charge on any atom is -0.451 e. The summed E-state index contributed by atoms with van der Waals surface area (Å²) in [6.07, 6.45) is 0.737. The van der Waals surface area contributed by atoms with Crippen molar-refractivity contribution in [2.45, 2.75) is 6.42 Å². The third-order valence-electron chi connectivity index (χ3n) is 2.69. The Kier molecular flexibility index (Phi) is 5.78. The lowest BCUT2D eigenvalue weighted by Gasteiger charge is -2.06. The predicted molar refractivity (Wildman–Crippen MR) is 82.8 cm³/mol. The first-order valence-electron chi connectivity index (χ1n) is 6.38. The van der Waals surface area contributed by atoms with E-state index in [0.29, 0.717) is 15.8 Å². The van der Waals surface area contributed by atoms with Gasteiger partial charge in [-0.25, -0.2) is 4.79 Å². The second kappa shape index (κ2) is 7.81. The number of nitrogens with one attached hydrogen (secondary N) is 1. The highest BCUT2D eigenvalue weighted by Crippen LogP contribution is 2.21. The van der Waals surface area contributed by atoms with Crippen LogP contribution in [0.2, 0.25) is 4.34 Å². The molecule has 0 aliphatic carbocycles. The Labute approximate surface area is 131 Å². The second-order valence-corrected chi connectivity index (χ2v) is 5.98. The largest absolute Gasteiger partial charge is 0.451 e. The van der Waals surface area contributed by atoms with Crippen molar-refractivity contribution in [1.82, 2.24) is 5.32 Å². The average Bonchev–Trinajstić information content (AvgIpc) is 2.92. The van der Waals surface area contributed by atoms with Crippen LogP contribution in [0.15, 0.2) is 42.5 Å². The van der Waals surface area contributed by atoms with Gasteiger partial charge in [0.25, 0.3) is 5.91 Å². The molecule has 2 rings (SSSR count). The Morgan fingerprint density at radius 2 is 1.90 bits per heavy atom. The van der Waals surface area contributed by atoms with Crippen LogP contribution < -0.4 is 5.32 Å². The van der Waals surface area contributed by atoms with Gasteiger partial charge in [-0.15, -0.1) is 11.3 Å². The molecule has 0 saturated carbocycles. The van der Waals surface area contributed by atoms with Crippen molar-refractivity contribution in [1.29, 1.82) is 0 Å². The average molecular weight is 324 g/mol. The van der Waals surface area contributed by atoms with Crippen LogP contribution in [0.3, 0.4) is 0 Å². The third-order valence-corrected chi connectivity index (χ3v) is 3.90. The SMILES string of the molecule is O=C(COC(=O)c1ccc(Cl)s1)NCCc1ccccc1. The molecule has 2 aromatic rings. The van der Waals surface area contributed by atoms with Crippen molar-refractivity contribution in [2.24, 2.45) is 0 Å². The van der Waals surface area contributed by atoms with Gasteiger partial charge in [0.15, 0.2) is 6.61 Å². The minimum absolute atomic E-state index is 0.289. The van der Waals surface area contributed by atoms with Crippen molar-refractivity contribution in [3.05, 3.63) is 57.2 Å². The lowest BCUT2D eigenvalue weighted by molar-refractivity contribution is -0.124. The maximum atomic E-state index is 11.6. The number of carbonyl (C=O) groups is 2. The third kappa shape index (κ3) is 5.21. The molecule has 1 amide bonds. The molecule has 0 aliphatic heterocycles. The van der Waals surface area contributed by atoms with E-state index < -0.39 is 5.97 Å². The number of hydrogen-bond donors (Lipinski definition) is 1. The number of esters is 1. The molecule has 1 N–H and O–H groups in total. The molecule has 21 heavy (non-hydrogen) atoms. The number of rotatable bonds is 6. The summed E-state index contributed by atoms with van der Waals surface area (Å²) < 4.78 is 5.42. The zero-order chi connectivity index (χ0) is 15.1. The first-order chi connectivity index (χ1) is 10.1. The first kappa shape index (κ1) is 15.5. The number of ether oxygens (including phenoxy) is 1. The maximum absolute atomic E-state index is 11.6. The van der Waals surface area contributed by atoms with Gasteiger partial charge >= 0.3 is 5.97 Å². The highest BCUT2D eigenvalue weighted by atomic mass is 35.5. The van der Waals surface area contributed by atoms with Crippen LogP contribution in [0.1, 0.15) is 15.2 Å². The Bertz CT molecular complexity index is 612. The van der Waals surface area contributed by atoms with Gasteiger partial charge in [0.2, 0.25) is 0 Å². The van der Waals surface area contributed by atoms with Crippen LogP contribution in [0.4, 0.5) is 0 Å². The van der Waals surface area contributed by atoms with E-state index in [0.717, 1.165) is 23.3 Å². The molecule has 0 radical (unpaired) electrons. The molecular formula is C15H14ClNO3S. The van der Waals surface area contributed by atoms with Gasteiger partial charge in [-0.2, -0.15) is 0 Å². The van der Waals surface area contributed by atoms with E-state index in [1.807, 2.05) is 30.3 Å². The van der Waals surface area contributed by atoms with Crippen LogP contribution in [0.5, 0.6) is 0 Å². The molecule has 0 fully saturated rings. The van der Waals surface area contributed by atoms with Gasteiger partial charge < -0.3 is 10.1 Å². The van der Waals surface area contributed by atoms with Crippen LogP contribution in [0.25, 0.3) is 0 Å². The summed E-state index contributed by atoms with van der Waals surface area (Å²) in [6, 6.07) is 13.0. The van der Waals surface area contributed by atoms with Gasteiger partial charge in [0.05, 0.1) is 4.34 Å². The normalized spacial score (nSPS) is 10.1. The molecule has 110 valence electrons. The van der Waals surface area contributed by atoms with Gasteiger partial charge in [0.1, 0.15) is 4.88 Å². The molecule has 1 aromatic heterocycles. The Balaban J connectivity index is 1.67. The van der Waals surface area contributed by atoms with Crippen LogP contribution in [-0.4, -0.2) is 25.0 Å². The van der Waals surface area contributed by atoms with Crippen molar-refractivity contribution in [3.63, 3.8) is 0 Å². The summed E-state index contributed by atoms with van der Waals surface area (Å²) in [5.41, 5.74) is 1.14. The number of amides is 1. The number of carbonyl (C=O) groups excluding carboxylic acids is 2. The van der Waals surface area contributed by atoms with Crippen molar-refractivity contribution < 1.29 is 14.3 Å². The Hall–Kier alpha value is -1.85. The van der Waals surface area contributed by atoms with Gasteiger partial charge in [-0.05, 0) is 24.1 Å². The van der Waals surface area contributed by atoms with E-state index in [4.69, 9.17) is 16.3 Å². The standard InChI is InChI=1S/C15H14ClNO3S/c16-13-7-6-12(21-13)15(19)20-10-14(18)17-9-8-11-4-2-1-3-5-11/h1-7H,8-10H2,(H,17,18). The van der Waals surface area contributed by atoms with Gasteiger partial charge in [-0.1, -0.05) is 41.9 Å². The molecule has 0 saturated heterocycles.